The number of hydrogen-bond acceptors (Lipinski definition) is 9. The second-order valence-corrected chi connectivity index (χ2v) is 9.88. The molecule has 4 heterocycles. The second kappa shape index (κ2) is 10.1. The van der Waals surface area contributed by atoms with Gasteiger partial charge < -0.3 is 34.2 Å². The summed E-state index contributed by atoms with van der Waals surface area (Å²) < 4.78 is 17.8. The smallest absolute Gasteiger partial charge is 0.281 e. The quantitative estimate of drug-likeness (QED) is 0.336. The van der Waals surface area contributed by atoms with E-state index in [2.05, 4.69) is 20.6 Å². The second-order valence-electron chi connectivity index (χ2n) is 9.88. The third-order valence-corrected chi connectivity index (χ3v) is 7.55. The van der Waals surface area contributed by atoms with Crippen LogP contribution in [0.2, 0.25) is 0 Å². The predicted octanol–water partition coefficient (Wildman–Crippen LogP) is 2.59. The molecule has 0 spiro atoms. The van der Waals surface area contributed by atoms with Gasteiger partial charge in [0.05, 0.1) is 31.0 Å². The zero-order valence-corrected chi connectivity index (χ0v) is 21.0. The molecule has 1 aliphatic carbocycles. The van der Waals surface area contributed by atoms with Crippen LogP contribution in [0.1, 0.15) is 31.4 Å². The molecule has 1 fully saturated rings. The number of amides is 1. The lowest BCUT2D eigenvalue weighted by molar-refractivity contribution is -0.118. The van der Waals surface area contributed by atoms with Crippen molar-refractivity contribution in [1.82, 2.24) is 19.9 Å². The van der Waals surface area contributed by atoms with Crippen LogP contribution >= 0.6 is 0 Å². The van der Waals surface area contributed by atoms with Gasteiger partial charge in [0.1, 0.15) is 5.75 Å². The molecular formula is C27H29N5O6. The van der Waals surface area contributed by atoms with Crippen molar-refractivity contribution in [3.05, 3.63) is 52.8 Å². The molecule has 1 unspecified atom stereocenters. The number of fused-ring (bicyclic) bond motifs is 4. The van der Waals surface area contributed by atoms with Gasteiger partial charge in [0, 0.05) is 24.0 Å². The topological polar surface area (TPSA) is 141 Å². The summed E-state index contributed by atoms with van der Waals surface area (Å²) in [4.78, 5) is 33.4. The number of aromatic nitrogens is 3. The lowest BCUT2D eigenvalue weighted by Gasteiger charge is -2.32. The Morgan fingerprint density at radius 1 is 1.21 bits per heavy atom. The molecule has 1 saturated carbocycles. The standard InChI is InChI=1S/C27H29N5O6/c1-36-18-7-8-19-20(10-18)32(27(35)24-25(19)38-14-29-24)12-21(33)15-2-4-16(5-3-15)28-11-17-6-9-22-26(30-17)31-23(34)13-37-22/h6-10,14-16,21,28,33H,2-5,11-13H2,1H3,(H,30,31,34)/t15-,16-,21?. The molecule has 0 bridgehead atoms. The minimum atomic E-state index is -0.682. The summed E-state index contributed by atoms with van der Waals surface area (Å²) in [6.45, 7) is 0.748. The van der Waals surface area contributed by atoms with Gasteiger partial charge in [-0.2, -0.15) is 0 Å². The number of aliphatic hydroxyl groups excluding tert-OH is 1. The van der Waals surface area contributed by atoms with Crippen molar-refractivity contribution in [3.8, 4) is 11.5 Å². The fourth-order valence-electron chi connectivity index (χ4n) is 5.46. The van der Waals surface area contributed by atoms with E-state index in [1.54, 1.807) is 17.7 Å². The molecule has 6 rings (SSSR count). The van der Waals surface area contributed by atoms with E-state index < -0.39 is 6.10 Å². The molecule has 198 valence electrons. The molecule has 3 aromatic heterocycles. The Kier molecular flexibility index (Phi) is 6.46. The van der Waals surface area contributed by atoms with E-state index in [0.717, 1.165) is 36.8 Å². The SMILES string of the molecule is COc1ccc2c3ocnc3c(=O)n(CC(O)[C@H]3CC[C@H](NCc4ccc5c(n4)NC(=O)CO5)CC3)c2c1. The van der Waals surface area contributed by atoms with E-state index in [9.17, 15) is 14.7 Å². The van der Waals surface area contributed by atoms with E-state index in [4.69, 9.17) is 13.9 Å². The summed E-state index contributed by atoms with van der Waals surface area (Å²) in [5.41, 5.74) is 1.87. The van der Waals surface area contributed by atoms with Gasteiger partial charge in [0.25, 0.3) is 11.5 Å². The molecule has 11 nitrogen and oxygen atoms in total. The molecule has 11 heteroatoms. The molecule has 3 N–H and O–H groups in total. The third kappa shape index (κ3) is 4.59. The van der Waals surface area contributed by atoms with Crippen LogP contribution in [0.25, 0.3) is 22.0 Å². The number of pyridine rings is 2. The first kappa shape index (κ1) is 24.4. The van der Waals surface area contributed by atoms with Gasteiger partial charge in [-0.15, -0.1) is 0 Å². The van der Waals surface area contributed by atoms with Crippen LogP contribution in [0.5, 0.6) is 11.5 Å². The molecule has 1 aliphatic heterocycles. The minimum absolute atomic E-state index is 0.00917. The number of methoxy groups -OCH3 is 1. The lowest BCUT2D eigenvalue weighted by Crippen LogP contribution is -2.38. The van der Waals surface area contributed by atoms with Crippen LogP contribution in [0, 0.1) is 5.92 Å². The van der Waals surface area contributed by atoms with Gasteiger partial charge >= 0.3 is 0 Å². The molecule has 0 radical (unpaired) electrons. The Morgan fingerprint density at radius 3 is 2.87 bits per heavy atom. The van der Waals surface area contributed by atoms with E-state index in [1.165, 1.54) is 6.39 Å². The average Bonchev–Trinajstić information content (AvgIpc) is 3.44. The highest BCUT2D eigenvalue weighted by atomic mass is 16.5. The Hall–Kier alpha value is -3.96. The zero-order valence-electron chi connectivity index (χ0n) is 21.0. The summed E-state index contributed by atoms with van der Waals surface area (Å²) in [6.07, 6.45) is 4.06. The Labute approximate surface area is 217 Å². The fraction of sp³-hybridized carbons (Fsp3) is 0.407. The van der Waals surface area contributed by atoms with Crippen LogP contribution in [0.4, 0.5) is 5.82 Å². The van der Waals surface area contributed by atoms with E-state index in [0.29, 0.717) is 41.0 Å². The molecule has 0 saturated heterocycles. The van der Waals surface area contributed by atoms with Gasteiger partial charge in [0.15, 0.2) is 35.7 Å². The number of carbonyl (C=O) groups excluding carboxylic acids is 1. The van der Waals surface area contributed by atoms with Gasteiger partial charge in [-0.1, -0.05) is 0 Å². The minimum Gasteiger partial charge on any atom is -0.497 e. The number of ether oxygens (including phenoxy) is 2. The maximum atomic E-state index is 13.2. The molecule has 1 aromatic carbocycles. The monoisotopic (exact) mass is 519 g/mol. The van der Waals surface area contributed by atoms with Crippen LogP contribution in [0.3, 0.4) is 0 Å². The summed E-state index contributed by atoms with van der Waals surface area (Å²) in [7, 11) is 1.58. The summed E-state index contributed by atoms with van der Waals surface area (Å²) in [5, 5.41) is 18.2. The number of carbonyl (C=O) groups is 1. The summed E-state index contributed by atoms with van der Waals surface area (Å²) >= 11 is 0. The number of hydrogen-bond donors (Lipinski definition) is 3. The normalized spacial score (nSPS) is 20.1. The molecule has 38 heavy (non-hydrogen) atoms. The largest absolute Gasteiger partial charge is 0.497 e. The highest BCUT2D eigenvalue weighted by Crippen LogP contribution is 2.31. The predicted molar refractivity (Wildman–Crippen MR) is 139 cm³/mol. The summed E-state index contributed by atoms with van der Waals surface area (Å²) in [5.74, 6) is 1.52. The third-order valence-electron chi connectivity index (χ3n) is 7.55. The van der Waals surface area contributed by atoms with Gasteiger partial charge in [-0.05, 0) is 55.9 Å². The van der Waals surface area contributed by atoms with Crippen molar-refractivity contribution in [1.29, 1.82) is 0 Å². The zero-order chi connectivity index (χ0) is 26.2. The van der Waals surface area contributed by atoms with Gasteiger partial charge in [0.2, 0.25) is 0 Å². The van der Waals surface area contributed by atoms with Crippen molar-refractivity contribution < 1.29 is 23.8 Å². The fourth-order valence-corrected chi connectivity index (χ4v) is 5.46. The summed E-state index contributed by atoms with van der Waals surface area (Å²) in [6, 6.07) is 9.46. The molecular weight excluding hydrogens is 490 g/mol. The van der Waals surface area contributed by atoms with E-state index >= 15 is 0 Å². The van der Waals surface area contributed by atoms with Crippen molar-refractivity contribution in [3.63, 3.8) is 0 Å². The number of nitrogens with one attached hydrogen (secondary N) is 2. The number of rotatable bonds is 7. The Balaban J connectivity index is 1.11. The maximum absolute atomic E-state index is 13.2. The van der Waals surface area contributed by atoms with Crippen LogP contribution < -0.4 is 25.7 Å². The molecule has 1 amide bonds. The van der Waals surface area contributed by atoms with Crippen LogP contribution in [0.15, 0.2) is 45.9 Å². The van der Waals surface area contributed by atoms with E-state index in [1.807, 2.05) is 24.3 Å². The van der Waals surface area contributed by atoms with Crippen LogP contribution in [-0.4, -0.2) is 51.4 Å². The molecule has 4 aromatic rings. The molecule has 2 aliphatic rings. The maximum Gasteiger partial charge on any atom is 0.281 e. The van der Waals surface area contributed by atoms with E-state index in [-0.39, 0.29) is 36.1 Å². The van der Waals surface area contributed by atoms with Gasteiger partial charge in [-0.3, -0.25) is 9.59 Å². The highest BCUT2D eigenvalue weighted by molar-refractivity contribution is 6.01. The first-order chi connectivity index (χ1) is 18.5. The van der Waals surface area contributed by atoms with Crippen molar-refractivity contribution in [2.75, 3.05) is 19.0 Å². The molecule has 1 atom stereocenters. The number of anilines is 1. The lowest BCUT2D eigenvalue weighted by atomic mass is 9.82. The van der Waals surface area contributed by atoms with Crippen molar-refractivity contribution in [2.45, 2.75) is 50.9 Å². The Bertz CT molecular complexity index is 1560. The number of oxazole rings is 1. The first-order valence-electron chi connectivity index (χ1n) is 12.8. The van der Waals surface area contributed by atoms with Gasteiger partial charge in [-0.25, -0.2) is 9.97 Å². The highest BCUT2D eigenvalue weighted by Gasteiger charge is 2.28. The number of benzene rings is 1. The van der Waals surface area contributed by atoms with Crippen molar-refractivity contribution in [2.24, 2.45) is 5.92 Å². The van der Waals surface area contributed by atoms with Crippen molar-refractivity contribution >= 4 is 33.7 Å². The first-order valence-corrected chi connectivity index (χ1v) is 12.8. The van der Waals surface area contributed by atoms with Crippen LogP contribution in [-0.2, 0) is 17.9 Å². The number of nitrogens with zero attached hydrogens (tertiary/aromatic N) is 3. The average molecular weight is 520 g/mol. The Morgan fingerprint density at radius 2 is 2.05 bits per heavy atom. The number of aliphatic hydroxyl groups is 1.